The topological polar surface area (TPSA) is 127 Å². The smallest absolute Gasteiger partial charge is 0.234 e. The molecule has 0 unspecified atom stereocenters. The highest BCUT2D eigenvalue weighted by Crippen LogP contribution is 2.17. The molecule has 2 aromatic carbocycles. The van der Waals surface area contributed by atoms with Gasteiger partial charge in [-0.1, -0.05) is 23.2 Å². The second-order valence-electron chi connectivity index (χ2n) is 4.65. The van der Waals surface area contributed by atoms with Crippen LogP contribution < -0.4 is 22.6 Å². The van der Waals surface area contributed by atoms with E-state index in [1.807, 2.05) is 0 Å². The third kappa shape index (κ3) is 6.50. The van der Waals surface area contributed by atoms with Gasteiger partial charge in [-0.15, -0.1) is 17.5 Å². The van der Waals surface area contributed by atoms with E-state index in [4.69, 9.17) is 40.4 Å². The molecule has 0 aliphatic heterocycles. The first-order valence-corrected chi connectivity index (χ1v) is 7.47. The number of halogens is 3. The van der Waals surface area contributed by atoms with Crippen LogP contribution in [0.2, 0.25) is 10.0 Å². The Bertz CT molecular complexity index is 819. The van der Waals surface area contributed by atoms with Crippen LogP contribution in [-0.4, -0.2) is 18.4 Å². The van der Waals surface area contributed by atoms with Gasteiger partial charge >= 0.3 is 0 Å². The minimum atomic E-state index is 0. The van der Waals surface area contributed by atoms with Gasteiger partial charge in [0.1, 0.15) is 0 Å². The molecule has 7 N–H and O–H groups in total. The molecule has 0 amide bonds. The van der Waals surface area contributed by atoms with E-state index in [2.05, 4.69) is 20.7 Å². The van der Waals surface area contributed by atoms with Crippen molar-refractivity contribution in [3.63, 3.8) is 0 Å². The Kier molecular flexibility index (Phi) is 8.00. The van der Waals surface area contributed by atoms with E-state index in [1.54, 1.807) is 36.4 Å². The van der Waals surface area contributed by atoms with Gasteiger partial charge in [-0.2, -0.15) is 10.2 Å². The Labute approximate surface area is 161 Å². The Morgan fingerprint density at radius 1 is 0.920 bits per heavy atom. The molecule has 10 heteroatoms. The fourth-order valence-electron chi connectivity index (χ4n) is 1.67. The van der Waals surface area contributed by atoms with E-state index in [0.29, 0.717) is 32.5 Å². The van der Waals surface area contributed by atoms with Crippen LogP contribution in [-0.2, 0) is 0 Å². The van der Waals surface area contributed by atoms with Gasteiger partial charge in [0.2, 0.25) is 5.96 Å². The molecule has 0 radical (unpaired) electrons. The van der Waals surface area contributed by atoms with Crippen LogP contribution >= 0.6 is 35.6 Å². The Balaban J connectivity index is 0.00000312. The van der Waals surface area contributed by atoms with Crippen molar-refractivity contribution in [1.29, 1.82) is 0 Å². The molecular formula is C15H16Cl3N7. The van der Waals surface area contributed by atoms with E-state index in [-0.39, 0.29) is 18.4 Å². The first-order valence-electron chi connectivity index (χ1n) is 6.71. The summed E-state index contributed by atoms with van der Waals surface area (Å²) in [5.74, 6) is 0.00238. The van der Waals surface area contributed by atoms with Crippen molar-refractivity contribution in [2.45, 2.75) is 0 Å². The molecule has 0 heterocycles. The zero-order valence-electron chi connectivity index (χ0n) is 12.9. The van der Waals surface area contributed by atoms with E-state index in [0.717, 1.165) is 0 Å². The third-order valence-electron chi connectivity index (χ3n) is 2.84. The quantitative estimate of drug-likeness (QED) is 0.272. The molecular weight excluding hydrogens is 385 g/mol. The molecule has 132 valence electrons. The van der Waals surface area contributed by atoms with E-state index < -0.39 is 0 Å². The molecule has 0 aliphatic carbocycles. The third-order valence-corrected chi connectivity index (χ3v) is 3.31. The summed E-state index contributed by atoms with van der Waals surface area (Å²) >= 11 is 11.6. The first kappa shape index (κ1) is 20.6. The number of nitrogens with one attached hydrogen (secondary N) is 1. The van der Waals surface area contributed by atoms with Crippen LogP contribution in [0.3, 0.4) is 0 Å². The van der Waals surface area contributed by atoms with E-state index in [1.165, 1.54) is 12.4 Å². The number of nitrogens with zero attached hydrogens (tertiary/aromatic N) is 3. The van der Waals surface area contributed by atoms with Gasteiger partial charge in [0.15, 0.2) is 0 Å². The highest BCUT2D eigenvalue weighted by Gasteiger charge is 1.97. The second kappa shape index (κ2) is 9.73. The zero-order valence-corrected chi connectivity index (χ0v) is 15.2. The lowest BCUT2D eigenvalue weighted by Crippen LogP contribution is -2.26. The van der Waals surface area contributed by atoms with E-state index >= 15 is 0 Å². The maximum absolute atomic E-state index is 5.82. The highest BCUT2D eigenvalue weighted by atomic mass is 35.5. The summed E-state index contributed by atoms with van der Waals surface area (Å²) < 4.78 is 0. The van der Waals surface area contributed by atoms with Crippen molar-refractivity contribution in [1.82, 2.24) is 5.43 Å². The van der Waals surface area contributed by atoms with Crippen molar-refractivity contribution >= 4 is 65.4 Å². The maximum atomic E-state index is 5.82. The predicted octanol–water partition coefficient (Wildman–Crippen LogP) is 2.85. The number of guanidine groups is 1. The van der Waals surface area contributed by atoms with Gasteiger partial charge in [0.25, 0.3) is 0 Å². The molecule has 0 aromatic heterocycles. The molecule has 0 fully saturated rings. The summed E-state index contributed by atoms with van der Waals surface area (Å²) in [4.78, 5) is 0. The standard InChI is InChI=1S/C15H15Cl2N7.ClH/c16-11-3-1-9(13(18)5-11)7-21-23-15(20)24-22-8-10-2-4-12(17)6-14(10)19;/h1-8H,18-19H2,(H3,20,23,24);1H. The van der Waals surface area contributed by atoms with Crippen LogP contribution in [0, 0.1) is 0 Å². The van der Waals surface area contributed by atoms with Crippen LogP contribution in [0.4, 0.5) is 11.4 Å². The molecule has 2 aromatic rings. The van der Waals surface area contributed by atoms with Crippen molar-refractivity contribution in [3.05, 3.63) is 57.6 Å². The number of nitrogens with two attached hydrogens (primary N) is 3. The molecule has 2 rings (SSSR count). The number of rotatable bonds is 4. The van der Waals surface area contributed by atoms with Gasteiger partial charge in [-0.3, -0.25) is 0 Å². The molecule has 0 aliphatic rings. The van der Waals surface area contributed by atoms with Crippen molar-refractivity contribution < 1.29 is 0 Å². The lowest BCUT2D eigenvalue weighted by molar-refractivity contribution is 0.994. The normalized spacial score (nSPS) is 11.7. The number of nitrogen functional groups attached to an aromatic ring is 2. The summed E-state index contributed by atoms with van der Waals surface area (Å²) in [5, 5.41) is 12.6. The lowest BCUT2D eigenvalue weighted by atomic mass is 10.2. The fraction of sp³-hybridized carbons (Fsp3) is 0. The lowest BCUT2D eigenvalue weighted by Gasteiger charge is -2.01. The van der Waals surface area contributed by atoms with Gasteiger partial charge < -0.3 is 17.2 Å². The van der Waals surface area contributed by atoms with Gasteiger partial charge in [-0.25, -0.2) is 5.43 Å². The minimum absolute atomic E-state index is 0. The second-order valence-corrected chi connectivity index (χ2v) is 5.52. The number of hydrogen-bond acceptors (Lipinski definition) is 5. The summed E-state index contributed by atoms with van der Waals surface area (Å²) in [6.45, 7) is 0. The van der Waals surface area contributed by atoms with Crippen LogP contribution in [0.15, 0.2) is 51.7 Å². The Morgan fingerprint density at radius 2 is 1.44 bits per heavy atom. The fourth-order valence-corrected chi connectivity index (χ4v) is 2.03. The average molecular weight is 401 g/mol. The number of anilines is 2. The Morgan fingerprint density at radius 3 is 1.96 bits per heavy atom. The van der Waals surface area contributed by atoms with Crippen molar-refractivity contribution in [2.24, 2.45) is 21.0 Å². The summed E-state index contributed by atoms with van der Waals surface area (Å²) in [5.41, 5.74) is 22.1. The average Bonchev–Trinajstić information content (AvgIpc) is 2.51. The Hall–Kier alpha value is -2.48. The summed E-state index contributed by atoms with van der Waals surface area (Å²) in [6, 6.07) is 10.1. The van der Waals surface area contributed by atoms with Crippen LogP contribution in [0.25, 0.3) is 0 Å². The van der Waals surface area contributed by atoms with Gasteiger partial charge in [0, 0.05) is 32.5 Å². The summed E-state index contributed by atoms with van der Waals surface area (Å²) in [6.07, 6.45) is 2.95. The van der Waals surface area contributed by atoms with Crippen LogP contribution in [0.1, 0.15) is 11.1 Å². The molecule has 0 saturated heterocycles. The molecule has 0 atom stereocenters. The largest absolute Gasteiger partial charge is 0.398 e. The maximum Gasteiger partial charge on any atom is 0.234 e. The molecule has 0 bridgehead atoms. The van der Waals surface area contributed by atoms with Crippen LogP contribution in [0.5, 0.6) is 0 Å². The molecule has 0 saturated carbocycles. The van der Waals surface area contributed by atoms with Gasteiger partial charge in [-0.05, 0) is 36.4 Å². The molecule has 25 heavy (non-hydrogen) atoms. The number of hydrazone groups is 1. The van der Waals surface area contributed by atoms with E-state index in [9.17, 15) is 0 Å². The summed E-state index contributed by atoms with van der Waals surface area (Å²) in [7, 11) is 0. The minimum Gasteiger partial charge on any atom is -0.398 e. The highest BCUT2D eigenvalue weighted by molar-refractivity contribution is 6.31. The monoisotopic (exact) mass is 399 g/mol. The first-order chi connectivity index (χ1) is 11.5. The van der Waals surface area contributed by atoms with Crippen molar-refractivity contribution in [3.8, 4) is 0 Å². The van der Waals surface area contributed by atoms with Gasteiger partial charge in [0.05, 0.1) is 12.4 Å². The predicted molar refractivity (Wildman–Crippen MR) is 109 cm³/mol. The van der Waals surface area contributed by atoms with Crippen molar-refractivity contribution in [2.75, 3.05) is 11.5 Å². The molecule has 7 nitrogen and oxygen atoms in total. The number of benzene rings is 2. The number of hydrogen-bond donors (Lipinski definition) is 4. The zero-order chi connectivity index (χ0) is 17.5. The molecule has 0 spiro atoms. The SMILES string of the molecule is Cl.NC(=NN=Cc1ccc(Cl)cc1N)NN=Cc1ccc(Cl)cc1N.